The second kappa shape index (κ2) is 4.80. The summed E-state index contributed by atoms with van der Waals surface area (Å²) >= 11 is 0. The third-order valence-electron chi connectivity index (χ3n) is 4.59. The summed E-state index contributed by atoms with van der Waals surface area (Å²) in [5.74, 6) is 1.83. The molecule has 1 unspecified atom stereocenters. The summed E-state index contributed by atoms with van der Waals surface area (Å²) < 4.78 is 13.2. The molecular weight excluding hydrogens is 274 g/mol. The van der Waals surface area contributed by atoms with Gasteiger partial charge in [0.05, 0.1) is 19.7 Å². The maximum atomic E-state index is 5.39. The van der Waals surface area contributed by atoms with Crippen molar-refractivity contribution < 1.29 is 9.47 Å². The molecule has 1 atom stereocenters. The van der Waals surface area contributed by atoms with Crippen LogP contribution in [0.5, 0.6) is 11.5 Å². The number of benzene rings is 2. The molecule has 0 bridgehead atoms. The number of hydrogen-bond donors (Lipinski definition) is 0. The fourth-order valence-electron chi connectivity index (χ4n) is 3.54. The van der Waals surface area contributed by atoms with Crippen LogP contribution in [0.3, 0.4) is 0 Å². The van der Waals surface area contributed by atoms with Gasteiger partial charge < -0.3 is 14.0 Å². The molecule has 3 aromatic rings. The Bertz CT molecular complexity index is 863. The van der Waals surface area contributed by atoms with Crippen molar-refractivity contribution in [2.45, 2.75) is 19.4 Å². The molecule has 0 aliphatic carbocycles. The molecule has 4 rings (SSSR count). The first kappa shape index (κ1) is 13.3. The van der Waals surface area contributed by atoms with Gasteiger partial charge in [-0.1, -0.05) is 0 Å². The summed E-state index contributed by atoms with van der Waals surface area (Å²) in [6, 6.07) is 15.3. The number of aromatic nitrogens is 1. The van der Waals surface area contributed by atoms with Crippen molar-refractivity contribution >= 4 is 10.9 Å². The zero-order chi connectivity index (χ0) is 15.3. The van der Waals surface area contributed by atoms with Crippen LogP contribution < -0.4 is 9.47 Å². The number of hydrogen-bond acceptors (Lipinski definition) is 2. The van der Waals surface area contributed by atoms with E-state index in [9.17, 15) is 0 Å². The second-order valence-electron chi connectivity index (χ2n) is 5.90. The lowest BCUT2D eigenvalue weighted by Gasteiger charge is -2.27. The van der Waals surface area contributed by atoms with Gasteiger partial charge in [-0.2, -0.15) is 0 Å². The van der Waals surface area contributed by atoms with Gasteiger partial charge in [-0.3, -0.25) is 0 Å². The Balaban J connectivity index is 1.98. The fourth-order valence-corrected chi connectivity index (χ4v) is 3.54. The van der Waals surface area contributed by atoms with Gasteiger partial charge >= 0.3 is 0 Å². The van der Waals surface area contributed by atoms with E-state index in [1.807, 2.05) is 12.1 Å². The van der Waals surface area contributed by atoms with E-state index in [1.165, 1.54) is 27.7 Å². The van der Waals surface area contributed by atoms with Crippen molar-refractivity contribution in [3.8, 4) is 22.8 Å². The maximum Gasteiger partial charge on any atom is 0.120 e. The summed E-state index contributed by atoms with van der Waals surface area (Å²) in [7, 11) is 3.43. The number of ether oxygens (including phenoxy) is 2. The number of fused-ring (bicyclic) bond motifs is 5. The minimum absolute atomic E-state index is 0.416. The number of nitrogens with zero attached hydrogens (tertiary/aromatic N) is 1. The Morgan fingerprint density at radius 2 is 1.68 bits per heavy atom. The van der Waals surface area contributed by atoms with Crippen LogP contribution in [-0.4, -0.2) is 18.8 Å². The average molecular weight is 293 g/mol. The highest BCUT2D eigenvalue weighted by atomic mass is 16.5. The molecule has 112 valence electrons. The lowest BCUT2D eigenvalue weighted by molar-refractivity contribution is 0.413. The predicted octanol–water partition coefficient (Wildman–Crippen LogP) is 4.44. The first-order valence-electron chi connectivity index (χ1n) is 7.57. The average Bonchev–Trinajstić information content (AvgIpc) is 2.93. The SMILES string of the molecule is COc1ccc2c(c1)CC(C)n1c-2cc2ccc(OC)cc21. The molecule has 0 saturated carbocycles. The lowest BCUT2D eigenvalue weighted by Crippen LogP contribution is -2.15. The fraction of sp³-hybridized carbons (Fsp3) is 0.263. The summed E-state index contributed by atoms with van der Waals surface area (Å²) in [5, 5.41) is 1.26. The maximum absolute atomic E-state index is 5.39. The Kier molecular flexibility index (Phi) is 2.89. The molecule has 1 aliphatic rings. The molecule has 2 heterocycles. The molecule has 0 amide bonds. The number of rotatable bonds is 2. The minimum atomic E-state index is 0.416. The van der Waals surface area contributed by atoms with Crippen LogP contribution in [-0.2, 0) is 6.42 Å². The molecule has 0 fully saturated rings. The van der Waals surface area contributed by atoms with E-state index in [1.54, 1.807) is 14.2 Å². The summed E-state index contributed by atoms with van der Waals surface area (Å²) in [4.78, 5) is 0. The molecule has 0 spiro atoms. The lowest BCUT2D eigenvalue weighted by atomic mass is 9.94. The van der Waals surface area contributed by atoms with Gasteiger partial charge in [0.15, 0.2) is 0 Å². The Hall–Kier alpha value is -2.42. The third-order valence-corrected chi connectivity index (χ3v) is 4.59. The molecule has 22 heavy (non-hydrogen) atoms. The van der Waals surface area contributed by atoms with E-state index in [-0.39, 0.29) is 0 Å². The molecular formula is C19H19NO2. The zero-order valence-electron chi connectivity index (χ0n) is 13.1. The molecule has 0 saturated heterocycles. The van der Waals surface area contributed by atoms with E-state index in [4.69, 9.17) is 9.47 Å². The quantitative estimate of drug-likeness (QED) is 0.697. The van der Waals surface area contributed by atoms with Crippen LogP contribution in [0.1, 0.15) is 18.5 Å². The Labute approximate surface area is 130 Å². The van der Waals surface area contributed by atoms with Gasteiger partial charge in [-0.05, 0) is 55.3 Å². The van der Waals surface area contributed by atoms with Gasteiger partial charge in [0, 0.05) is 28.8 Å². The van der Waals surface area contributed by atoms with E-state index in [2.05, 4.69) is 41.8 Å². The van der Waals surface area contributed by atoms with Crippen LogP contribution in [0.2, 0.25) is 0 Å². The molecule has 0 N–H and O–H groups in total. The molecule has 0 radical (unpaired) electrons. The Morgan fingerprint density at radius 1 is 0.955 bits per heavy atom. The summed E-state index contributed by atoms with van der Waals surface area (Å²) in [6.45, 7) is 2.27. The topological polar surface area (TPSA) is 23.4 Å². The van der Waals surface area contributed by atoms with Crippen molar-refractivity contribution in [1.82, 2.24) is 4.57 Å². The van der Waals surface area contributed by atoms with Crippen molar-refractivity contribution in [2.75, 3.05) is 14.2 Å². The van der Waals surface area contributed by atoms with Gasteiger partial charge in [-0.25, -0.2) is 0 Å². The predicted molar refractivity (Wildman–Crippen MR) is 88.9 cm³/mol. The molecule has 1 aliphatic heterocycles. The van der Waals surface area contributed by atoms with Crippen LogP contribution >= 0.6 is 0 Å². The minimum Gasteiger partial charge on any atom is -0.497 e. The van der Waals surface area contributed by atoms with Gasteiger partial charge in [-0.15, -0.1) is 0 Å². The van der Waals surface area contributed by atoms with Crippen molar-refractivity contribution in [1.29, 1.82) is 0 Å². The first-order valence-corrected chi connectivity index (χ1v) is 7.57. The molecule has 2 aromatic carbocycles. The highest BCUT2D eigenvalue weighted by molar-refractivity contribution is 5.89. The Morgan fingerprint density at radius 3 is 2.45 bits per heavy atom. The zero-order valence-corrected chi connectivity index (χ0v) is 13.1. The van der Waals surface area contributed by atoms with E-state index >= 15 is 0 Å². The van der Waals surface area contributed by atoms with Crippen LogP contribution in [0.15, 0.2) is 42.5 Å². The normalized spacial score (nSPS) is 16.2. The van der Waals surface area contributed by atoms with Crippen LogP contribution in [0, 0.1) is 0 Å². The smallest absolute Gasteiger partial charge is 0.120 e. The summed E-state index contributed by atoms with van der Waals surface area (Å²) in [5.41, 5.74) is 5.17. The van der Waals surface area contributed by atoms with Crippen molar-refractivity contribution in [3.63, 3.8) is 0 Å². The monoisotopic (exact) mass is 293 g/mol. The van der Waals surface area contributed by atoms with Gasteiger partial charge in [0.25, 0.3) is 0 Å². The van der Waals surface area contributed by atoms with Crippen molar-refractivity contribution in [3.05, 3.63) is 48.0 Å². The van der Waals surface area contributed by atoms with E-state index in [0.29, 0.717) is 6.04 Å². The molecule has 3 nitrogen and oxygen atoms in total. The second-order valence-corrected chi connectivity index (χ2v) is 5.90. The largest absolute Gasteiger partial charge is 0.497 e. The number of methoxy groups -OCH3 is 2. The van der Waals surface area contributed by atoms with Crippen molar-refractivity contribution in [2.24, 2.45) is 0 Å². The third kappa shape index (κ3) is 1.82. The molecule has 3 heteroatoms. The first-order chi connectivity index (χ1) is 10.7. The van der Waals surface area contributed by atoms with Crippen LogP contribution in [0.4, 0.5) is 0 Å². The van der Waals surface area contributed by atoms with E-state index in [0.717, 1.165) is 17.9 Å². The van der Waals surface area contributed by atoms with E-state index < -0.39 is 0 Å². The van der Waals surface area contributed by atoms with Gasteiger partial charge in [0.2, 0.25) is 0 Å². The van der Waals surface area contributed by atoms with Crippen LogP contribution in [0.25, 0.3) is 22.2 Å². The highest BCUT2D eigenvalue weighted by Crippen LogP contribution is 2.41. The van der Waals surface area contributed by atoms with Gasteiger partial charge in [0.1, 0.15) is 11.5 Å². The summed E-state index contributed by atoms with van der Waals surface area (Å²) in [6.07, 6.45) is 1.01. The standard InChI is InChI=1S/C19H19NO2/c1-12-8-14-9-15(21-2)6-7-17(14)19-10-13-4-5-16(22-3)11-18(13)20(12)19/h4-7,9-12H,8H2,1-3H3. The highest BCUT2D eigenvalue weighted by Gasteiger charge is 2.24. The molecule has 1 aromatic heterocycles.